The molecule has 6 nitrogen and oxygen atoms in total. The number of nitrogens with one attached hydrogen (secondary N) is 2. The van der Waals surface area contributed by atoms with Crippen LogP contribution in [0.5, 0.6) is 0 Å². The fourth-order valence-electron chi connectivity index (χ4n) is 2.20. The second kappa shape index (κ2) is 8.81. The van der Waals surface area contributed by atoms with Crippen molar-refractivity contribution in [3.8, 4) is 0 Å². The Morgan fingerprint density at radius 3 is 2.42 bits per heavy atom. The van der Waals surface area contributed by atoms with E-state index in [0.29, 0.717) is 20.6 Å². The Morgan fingerprint density at radius 2 is 1.73 bits per heavy atom. The maximum Gasteiger partial charge on any atom is 0.240 e. The summed E-state index contributed by atoms with van der Waals surface area (Å²) in [6.45, 7) is 1.94. The number of hydrogen-bond donors (Lipinski definition) is 2. The lowest BCUT2D eigenvalue weighted by atomic mass is 10.2. The van der Waals surface area contributed by atoms with Crippen LogP contribution in [0.3, 0.4) is 0 Å². The van der Waals surface area contributed by atoms with Gasteiger partial charge >= 0.3 is 0 Å². The Morgan fingerprint density at radius 1 is 1.04 bits per heavy atom. The van der Waals surface area contributed by atoms with Crippen LogP contribution in [-0.4, -0.2) is 23.4 Å². The molecule has 0 saturated heterocycles. The molecule has 0 aliphatic carbocycles. The van der Waals surface area contributed by atoms with E-state index in [2.05, 4.69) is 25.4 Å². The lowest BCUT2D eigenvalue weighted by molar-refractivity contribution is 0.580. The molecular weight excluding hydrogens is 464 g/mol. The van der Waals surface area contributed by atoms with Gasteiger partial charge in [-0.15, -0.1) is 0 Å². The van der Waals surface area contributed by atoms with Crippen molar-refractivity contribution in [2.24, 2.45) is 0 Å². The van der Waals surface area contributed by atoms with Gasteiger partial charge in [-0.1, -0.05) is 42.8 Å². The second-order valence-corrected chi connectivity index (χ2v) is 10.2. The molecule has 0 heterocycles. The minimum Gasteiger partial charge on any atom is -0.212 e. The summed E-state index contributed by atoms with van der Waals surface area (Å²) in [5, 5.41) is 0.430. The third kappa shape index (κ3) is 5.77. The van der Waals surface area contributed by atoms with Crippen molar-refractivity contribution >= 4 is 47.6 Å². The first-order valence-corrected chi connectivity index (χ1v) is 11.9. The van der Waals surface area contributed by atoms with E-state index in [0.717, 1.165) is 0 Å². The molecule has 142 valence electrons. The van der Waals surface area contributed by atoms with Gasteiger partial charge in [0.1, 0.15) is 0 Å². The summed E-state index contributed by atoms with van der Waals surface area (Å²) in [5.41, 5.74) is 1.08. The summed E-state index contributed by atoms with van der Waals surface area (Å²) in [6, 6.07) is 11.1. The molecule has 0 atom stereocenters. The standard InChI is InChI=1S/C16H18BrClN2O4S2/c1-2-19-26(23,24)14-7-3-5-12(9-14)10-20-25(21,22)11-13-6-4-8-15(18)16(13)17/h3-9,19-20H,2,10-11H2,1H3. The van der Waals surface area contributed by atoms with Crippen LogP contribution in [0.1, 0.15) is 18.1 Å². The summed E-state index contributed by atoms with van der Waals surface area (Å²) < 4.78 is 54.1. The molecule has 10 heteroatoms. The zero-order chi connectivity index (χ0) is 19.4. The molecule has 0 saturated carbocycles. The van der Waals surface area contributed by atoms with E-state index < -0.39 is 20.0 Å². The predicted molar refractivity (Wildman–Crippen MR) is 106 cm³/mol. The summed E-state index contributed by atoms with van der Waals surface area (Å²) in [5.74, 6) is -0.247. The summed E-state index contributed by atoms with van der Waals surface area (Å²) in [7, 11) is -7.23. The van der Waals surface area contributed by atoms with Crippen LogP contribution in [0.2, 0.25) is 5.02 Å². The molecule has 2 aromatic carbocycles. The fraction of sp³-hybridized carbons (Fsp3) is 0.250. The molecule has 2 aromatic rings. The van der Waals surface area contributed by atoms with Crippen molar-refractivity contribution in [1.82, 2.24) is 9.44 Å². The van der Waals surface area contributed by atoms with Crippen molar-refractivity contribution in [1.29, 1.82) is 0 Å². The molecule has 0 aliphatic rings. The van der Waals surface area contributed by atoms with Crippen molar-refractivity contribution in [2.75, 3.05) is 6.54 Å². The topological polar surface area (TPSA) is 92.3 Å². The zero-order valence-corrected chi connectivity index (χ0v) is 17.8. The SMILES string of the molecule is CCNS(=O)(=O)c1cccc(CNS(=O)(=O)Cc2cccc(Cl)c2Br)c1. The highest BCUT2D eigenvalue weighted by Gasteiger charge is 2.16. The van der Waals surface area contributed by atoms with Gasteiger partial charge in [0.2, 0.25) is 20.0 Å². The molecule has 0 unspecified atom stereocenters. The minimum absolute atomic E-state index is 0.0179. The van der Waals surface area contributed by atoms with E-state index in [9.17, 15) is 16.8 Å². The van der Waals surface area contributed by atoms with E-state index in [1.165, 1.54) is 12.1 Å². The Kier molecular flexibility index (Phi) is 7.23. The van der Waals surface area contributed by atoms with Crippen LogP contribution in [0, 0.1) is 0 Å². The van der Waals surface area contributed by atoms with Gasteiger partial charge in [0.15, 0.2) is 0 Å². The van der Waals surface area contributed by atoms with E-state index >= 15 is 0 Å². The first-order chi connectivity index (χ1) is 12.1. The number of halogens is 2. The maximum absolute atomic E-state index is 12.3. The largest absolute Gasteiger partial charge is 0.240 e. The summed E-state index contributed by atoms with van der Waals surface area (Å²) in [6.07, 6.45) is 0. The molecule has 0 fully saturated rings. The van der Waals surface area contributed by atoms with Gasteiger partial charge < -0.3 is 0 Å². The molecule has 0 amide bonds. The molecule has 26 heavy (non-hydrogen) atoms. The average Bonchev–Trinajstić information content (AvgIpc) is 2.57. The Hall–Kier alpha value is -0.970. The van der Waals surface area contributed by atoms with Gasteiger partial charge in [-0.05, 0) is 45.3 Å². The molecule has 2 rings (SSSR count). The van der Waals surface area contributed by atoms with Gasteiger partial charge in [0.25, 0.3) is 0 Å². The Bertz CT molecular complexity index is 995. The maximum atomic E-state index is 12.3. The number of rotatable bonds is 8. The molecule has 0 aliphatic heterocycles. The predicted octanol–water partition coefficient (Wildman–Crippen LogP) is 3.02. The molecule has 0 radical (unpaired) electrons. The molecule has 0 spiro atoms. The lowest BCUT2D eigenvalue weighted by Gasteiger charge is -2.10. The van der Waals surface area contributed by atoms with Gasteiger partial charge in [-0.25, -0.2) is 26.3 Å². The van der Waals surface area contributed by atoms with Gasteiger partial charge in [0, 0.05) is 17.6 Å². The van der Waals surface area contributed by atoms with Crippen molar-refractivity contribution < 1.29 is 16.8 Å². The monoisotopic (exact) mass is 480 g/mol. The van der Waals surface area contributed by atoms with E-state index in [-0.39, 0.29) is 23.7 Å². The smallest absolute Gasteiger partial charge is 0.212 e. The fourth-order valence-corrected chi connectivity index (χ4v) is 5.24. The quantitative estimate of drug-likeness (QED) is 0.606. The van der Waals surface area contributed by atoms with Crippen molar-refractivity contribution in [3.63, 3.8) is 0 Å². The molecule has 2 N–H and O–H groups in total. The number of benzene rings is 2. The molecule has 0 bridgehead atoms. The lowest BCUT2D eigenvalue weighted by Crippen LogP contribution is -2.25. The second-order valence-electron chi connectivity index (χ2n) is 5.44. The number of sulfonamides is 2. The van der Waals surface area contributed by atoms with Crippen LogP contribution >= 0.6 is 27.5 Å². The minimum atomic E-state index is -3.63. The summed E-state index contributed by atoms with van der Waals surface area (Å²) >= 11 is 9.25. The normalized spacial score (nSPS) is 12.3. The van der Waals surface area contributed by atoms with Crippen LogP contribution in [-0.2, 0) is 32.3 Å². The highest BCUT2D eigenvalue weighted by Crippen LogP contribution is 2.27. The average molecular weight is 482 g/mol. The van der Waals surface area contributed by atoms with Gasteiger partial charge in [0.05, 0.1) is 15.7 Å². The number of hydrogen-bond acceptors (Lipinski definition) is 4. The van der Waals surface area contributed by atoms with Crippen LogP contribution < -0.4 is 9.44 Å². The first-order valence-electron chi connectivity index (χ1n) is 7.63. The van der Waals surface area contributed by atoms with Crippen LogP contribution in [0.25, 0.3) is 0 Å². The Balaban J connectivity index is 2.11. The van der Waals surface area contributed by atoms with Gasteiger partial charge in [-0.2, -0.15) is 0 Å². The molecule has 0 aromatic heterocycles. The van der Waals surface area contributed by atoms with E-state index in [1.807, 2.05) is 0 Å². The summed E-state index contributed by atoms with van der Waals surface area (Å²) in [4.78, 5) is 0.0913. The highest BCUT2D eigenvalue weighted by molar-refractivity contribution is 9.10. The van der Waals surface area contributed by atoms with Crippen LogP contribution in [0.4, 0.5) is 0 Å². The molecular formula is C16H18BrClN2O4S2. The van der Waals surface area contributed by atoms with Crippen molar-refractivity contribution in [2.45, 2.75) is 24.1 Å². The third-order valence-electron chi connectivity index (χ3n) is 3.42. The van der Waals surface area contributed by atoms with E-state index in [1.54, 1.807) is 37.3 Å². The van der Waals surface area contributed by atoms with E-state index in [4.69, 9.17) is 11.6 Å². The van der Waals surface area contributed by atoms with Crippen LogP contribution in [0.15, 0.2) is 51.8 Å². The Labute approximate surface area is 167 Å². The highest BCUT2D eigenvalue weighted by atomic mass is 79.9. The first kappa shape index (κ1) is 21.3. The van der Waals surface area contributed by atoms with Gasteiger partial charge in [-0.3, -0.25) is 0 Å². The zero-order valence-electron chi connectivity index (χ0n) is 13.9. The van der Waals surface area contributed by atoms with Crippen molar-refractivity contribution in [3.05, 3.63) is 63.1 Å². The third-order valence-corrected chi connectivity index (χ3v) is 7.71.